The van der Waals surface area contributed by atoms with Crippen LogP contribution in [0, 0.1) is 0 Å². The number of rotatable bonds is 5. The highest BCUT2D eigenvalue weighted by molar-refractivity contribution is 5.74. The van der Waals surface area contributed by atoms with Crippen LogP contribution >= 0.6 is 0 Å². The van der Waals surface area contributed by atoms with Crippen molar-refractivity contribution in [1.29, 1.82) is 0 Å². The van der Waals surface area contributed by atoms with Gasteiger partial charge in [0.05, 0.1) is 23.9 Å². The van der Waals surface area contributed by atoms with Crippen LogP contribution in [0.5, 0.6) is 0 Å². The third-order valence-electron chi connectivity index (χ3n) is 4.45. The highest BCUT2D eigenvalue weighted by atomic mass is 19.4. The molecule has 0 saturated heterocycles. The van der Waals surface area contributed by atoms with Gasteiger partial charge in [-0.2, -0.15) is 18.3 Å². The van der Waals surface area contributed by atoms with Crippen LogP contribution in [0.3, 0.4) is 0 Å². The molecule has 1 aromatic carbocycles. The molecule has 0 amide bonds. The van der Waals surface area contributed by atoms with Crippen LogP contribution in [0.2, 0.25) is 0 Å². The van der Waals surface area contributed by atoms with Gasteiger partial charge in [-0.15, -0.1) is 0 Å². The van der Waals surface area contributed by atoms with Crippen molar-refractivity contribution in [3.63, 3.8) is 0 Å². The van der Waals surface area contributed by atoms with Crippen molar-refractivity contribution in [1.82, 2.24) is 29.3 Å². The molecular formula is C19H17F3N6O. The number of hydrogen-bond acceptors (Lipinski definition) is 4. The average molecular weight is 402 g/mol. The number of aryl methyl sites for hydroxylation is 1. The molecule has 29 heavy (non-hydrogen) atoms. The normalized spacial score (nSPS) is 12.0. The molecule has 3 heterocycles. The SMILES string of the molecule is CCCn1cnc2nc(-c3cnn(Cc4cccc(C(F)(F)F)c4)c3)[nH]c2c1=O. The third kappa shape index (κ3) is 3.78. The van der Waals surface area contributed by atoms with Crippen LogP contribution in [-0.2, 0) is 19.3 Å². The van der Waals surface area contributed by atoms with Gasteiger partial charge in [-0.3, -0.25) is 14.0 Å². The van der Waals surface area contributed by atoms with Gasteiger partial charge in [0.15, 0.2) is 11.2 Å². The van der Waals surface area contributed by atoms with Gasteiger partial charge in [-0.05, 0) is 24.1 Å². The monoisotopic (exact) mass is 402 g/mol. The number of benzene rings is 1. The summed E-state index contributed by atoms with van der Waals surface area (Å²) >= 11 is 0. The Hall–Kier alpha value is -3.43. The van der Waals surface area contributed by atoms with Crippen LogP contribution in [0.25, 0.3) is 22.6 Å². The molecule has 4 rings (SSSR count). The number of alkyl halides is 3. The molecule has 0 spiro atoms. The van der Waals surface area contributed by atoms with Gasteiger partial charge in [0.1, 0.15) is 12.2 Å². The van der Waals surface area contributed by atoms with E-state index in [9.17, 15) is 18.0 Å². The second kappa shape index (κ2) is 7.19. The molecule has 3 aromatic heterocycles. The third-order valence-corrected chi connectivity index (χ3v) is 4.45. The Labute approximate surface area is 162 Å². The molecule has 0 aliphatic carbocycles. The lowest BCUT2D eigenvalue weighted by Gasteiger charge is -2.08. The Bertz CT molecular complexity index is 1220. The molecule has 0 radical (unpaired) electrons. The largest absolute Gasteiger partial charge is 0.416 e. The number of nitrogens with one attached hydrogen (secondary N) is 1. The first-order valence-corrected chi connectivity index (χ1v) is 8.99. The van der Waals surface area contributed by atoms with E-state index in [2.05, 4.69) is 20.1 Å². The lowest BCUT2D eigenvalue weighted by atomic mass is 10.1. The molecule has 0 aliphatic rings. The number of hydrogen-bond donors (Lipinski definition) is 1. The van der Waals surface area contributed by atoms with Gasteiger partial charge in [0.25, 0.3) is 5.56 Å². The topological polar surface area (TPSA) is 81.4 Å². The van der Waals surface area contributed by atoms with Gasteiger partial charge in [-0.1, -0.05) is 19.1 Å². The van der Waals surface area contributed by atoms with Crippen molar-refractivity contribution in [3.8, 4) is 11.4 Å². The molecule has 7 nitrogen and oxygen atoms in total. The van der Waals surface area contributed by atoms with E-state index in [0.717, 1.165) is 18.6 Å². The number of nitrogens with zero attached hydrogens (tertiary/aromatic N) is 5. The number of halogens is 3. The van der Waals surface area contributed by atoms with Crippen LogP contribution in [-0.4, -0.2) is 29.3 Å². The van der Waals surface area contributed by atoms with Crippen molar-refractivity contribution in [2.45, 2.75) is 32.6 Å². The summed E-state index contributed by atoms with van der Waals surface area (Å²) < 4.78 is 41.7. The van der Waals surface area contributed by atoms with E-state index < -0.39 is 11.7 Å². The summed E-state index contributed by atoms with van der Waals surface area (Å²) in [5, 5.41) is 4.19. The maximum absolute atomic E-state index is 12.9. The standard InChI is InChI=1S/C19H17F3N6O/c1-2-6-27-11-23-17-15(18(27)29)25-16(26-17)13-8-24-28(10-13)9-12-4-3-5-14(7-12)19(20,21)22/h3-5,7-8,10-11H,2,6,9H2,1H3,(H,25,26). The maximum atomic E-state index is 12.9. The van der Waals surface area contributed by atoms with Crippen molar-refractivity contribution in [2.75, 3.05) is 0 Å². The van der Waals surface area contributed by atoms with Gasteiger partial charge in [0, 0.05) is 12.7 Å². The minimum absolute atomic E-state index is 0.172. The lowest BCUT2D eigenvalue weighted by molar-refractivity contribution is -0.137. The quantitative estimate of drug-likeness (QED) is 0.554. The van der Waals surface area contributed by atoms with Crippen LogP contribution in [0.4, 0.5) is 13.2 Å². The molecule has 4 aromatic rings. The molecule has 0 bridgehead atoms. The lowest BCUT2D eigenvalue weighted by Crippen LogP contribution is -2.20. The van der Waals surface area contributed by atoms with E-state index in [1.807, 2.05) is 6.92 Å². The van der Waals surface area contributed by atoms with Gasteiger partial charge < -0.3 is 4.98 Å². The van der Waals surface area contributed by atoms with E-state index in [-0.39, 0.29) is 12.1 Å². The van der Waals surface area contributed by atoms with Crippen molar-refractivity contribution in [2.24, 2.45) is 0 Å². The predicted molar refractivity (Wildman–Crippen MR) is 100 cm³/mol. The highest BCUT2D eigenvalue weighted by Crippen LogP contribution is 2.29. The van der Waals surface area contributed by atoms with Crippen LogP contribution < -0.4 is 5.56 Å². The Morgan fingerprint density at radius 1 is 1.24 bits per heavy atom. The molecule has 1 N–H and O–H groups in total. The number of imidazole rings is 1. The zero-order chi connectivity index (χ0) is 20.6. The second-order valence-corrected chi connectivity index (χ2v) is 6.65. The van der Waals surface area contributed by atoms with Gasteiger partial charge in [-0.25, -0.2) is 9.97 Å². The summed E-state index contributed by atoms with van der Waals surface area (Å²) in [5.41, 5.74) is 0.797. The van der Waals surface area contributed by atoms with Crippen LogP contribution in [0.15, 0.2) is 47.8 Å². The average Bonchev–Trinajstić information content (AvgIpc) is 3.31. The first-order valence-electron chi connectivity index (χ1n) is 8.99. The zero-order valence-corrected chi connectivity index (χ0v) is 15.4. The minimum atomic E-state index is -4.39. The molecule has 10 heteroatoms. The summed E-state index contributed by atoms with van der Waals surface area (Å²) in [5.74, 6) is 0.425. The Morgan fingerprint density at radius 2 is 2.07 bits per heavy atom. The van der Waals surface area contributed by atoms with E-state index in [1.165, 1.54) is 27.8 Å². The molecule has 0 aliphatic heterocycles. The summed E-state index contributed by atoms with van der Waals surface area (Å²) in [6.45, 7) is 2.70. The Kier molecular flexibility index (Phi) is 4.69. The van der Waals surface area contributed by atoms with Gasteiger partial charge >= 0.3 is 6.18 Å². The highest BCUT2D eigenvalue weighted by Gasteiger charge is 2.30. The fraction of sp³-hybridized carbons (Fsp3) is 0.263. The summed E-state index contributed by atoms with van der Waals surface area (Å²) in [6.07, 6.45) is 1.07. The Morgan fingerprint density at radius 3 is 2.83 bits per heavy atom. The first kappa shape index (κ1) is 18.9. The molecular weight excluding hydrogens is 385 g/mol. The van der Waals surface area contributed by atoms with Gasteiger partial charge in [0.2, 0.25) is 0 Å². The van der Waals surface area contributed by atoms with Crippen molar-refractivity contribution in [3.05, 3.63) is 64.5 Å². The zero-order valence-electron chi connectivity index (χ0n) is 15.4. The second-order valence-electron chi connectivity index (χ2n) is 6.65. The summed E-state index contributed by atoms with van der Waals surface area (Å²) in [4.78, 5) is 24.0. The van der Waals surface area contributed by atoms with Crippen molar-refractivity contribution < 1.29 is 13.2 Å². The van der Waals surface area contributed by atoms with E-state index in [0.29, 0.717) is 34.7 Å². The molecule has 0 fully saturated rings. The minimum Gasteiger partial charge on any atom is -0.332 e. The number of H-pyrrole nitrogens is 1. The molecule has 0 saturated carbocycles. The Balaban J connectivity index is 1.61. The molecule has 0 unspecified atom stereocenters. The van der Waals surface area contributed by atoms with E-state index in [4.69, 9.17) is 0 Å². The van der Waals surface area contributed by atoms with Crippen molar-refractivity contribution >= 4 is 11.2 Å². The number of aromatic nitrogens is 6. The molecule has 0 atom stereocenters. The fourth-order valence-electron chi connectivity index (χ4n) is 3.07. The smallest absolute Gasteiger partial charge is 0.332 e. The maximum Gasteiger partial charge on any atom is 0.416 e. The summed E-state index contributed by atoms with van der Waals surface area (Å²) in [6, 6.07) is 5.11. The van der Waals surface area contributed by atoms with E-state index in [1.54, 1.807) is 12.3 Å². The fourth-order valence-corrected chi connectivity index (χ4v) is 3.07. The van der Waals surface area contributed by atoms with E-state index >= 15 is 0 Å². The first-order chi connectivity index (χ1) is 13.8. The van der Waals surface area contributed by atoms with Crippen LogP contribution in [0.1, 0.15) is 24.5 Å². The number of aromatic amines is 1. The molecule has 150 valence electrons. The predicted octanol–water partition coefficient (Wildman–Crippen LogP) is 3.46. The number of fused-ring (bicyclic) bond motifs is 1. The summed E-state index contributed by atoms with van der Waals surface area (Å²) in [7, 11) is 0.